The van der Waals surface area contributed by atoms with Gasteiger partial charge in [0.1, 0.15) is 11.5 Å². The average molecular weight is 297 g/mol. The van der Waals surface area contributed by atoms with Crippen LogP contribution in [0.25, 0.3) is 0 Å². The molecular weight excluding hydrogens is 283 g/mol. The number of benzene rings is 2. The molecule has 0 atom stereocenters. The lowest BCUT2D eigenvalue weighted by Gasteiger charge is -2.10. The molecule has 0 spiro atoms. The first-order chi connectivity index (χ1) is 9.92. The molecule has 2 aromatic carbocycles. The fraction of sp³-hybridized carbons (Fsp3) is 0.200. The van der Waals surface area contributed by atoms with Crippen LogP contribution in [-0.4, -0.2) is 17.9 Å². The Labute approximate surface area is 120 Å². The molecule has 0 fully saturated rings. The number of rotatable bonds is 5. The summed E-state index contributed by atoms with van der Waals surface area (Å²) in [4.78, 5) is 0. The van der Waals surface area contributed by atoms with Gasteiger partial charge in [-0.15, -0.1) is 0 Å². The van der Waals surface area contributed by atoms with Gasteiger partial charge in [0, 0.05) is 12.2 Å². The molecule has 0 radical (unpaired) electrons. The van der Waals surface area contributed by atoms with Crippen molar-refractivity contribution in [1.29, 1.82) is 0 Å². The van der Waals surface area contributed by atoms with Crippen LogP contribution in [0.5, 0.6) is 11.5 Å². The average Bonchev–Trinajstić information content (AvgIpc) is 2.43. The molecule has 0 aliphatic carbocycles. The SMILES string of the molecule is Oc1cccc(CNc2ccc(OCC(F)(F)F)cc2)c1. The molecule has 0 unspecified atom stereocenters. The summed E-state index contributed by atoms with van der Waals surface area (Å²) in [5.74, 6) is 0.348. The van der Waals surface area contributed by atoms with Gasteiger partial charge < -0.3 is 15.2 Å². The minimum absolute atomic E-state index is 0.162. The van der Waals surface area contributed by atoms with E-state index in [9.17, 15) is 18.3 Å². The highest BCUT2D eigenvalue weighted by molar-refractivity contribution is 5.47. The number of ether oxygens (including phenoxy) is 1. The summed E-state index contributed by atoms with van der Waals surface area (Å²) in [6.07, 6.45) is -4.34. The Hall–Kier alpha value is -2.37. The Kier molecular flexibility index (Phi) is 4.57. The normalized spacial score (nSPS) is 11.2. The van der Waals surface area contributed by atoms with Gasteiger partial charge in [-0.2, -0.15) is 13.2 Å². The maximum Gasteiger partial charge on any atom is 0.422 e. The summed E-state index contributed by atoms with van der Waals surface area (Å²) >= 11 is 0. The smallest absolute Gasteiger partial charge is 0.422 e. The van der Waals surface area contributed by atoms with Gasteiger partial charge in [0.25, 0.3) is 0 Å². The standard InChI is InChI=1S/C15H14F3NO2/c16-15(17,18)10-21-14-6-4-12(5-7-14)19-9-11-2-1-3-13(20)8-11/h1-8,19-20H,9-10H2. The fourth-order valence-corrected chi connectivity index (χ4v) is 1.70. The summed E-state index contributed by atoms with van der Waals surface area (Å²) in [6, 6.07) is 13.0. The second-order valence-electron chi connectivity index (χ2n) is 4.45. The fourth-order valence-electron chi connectivity index (χ4n) is 1.70. The molecular formula is C15H14F3NO2. The third-order valence-corrected chi connectivity index (χ3v) is 2.66. The highest BCUT2D eigenvalue weighted by atomic mass is 19.4. The highest BCUT2D eigenvalue weighted by Gasteiger charge is 2.28. The van der Waals surface area contributed by atoms with E-state index in [1.807, 2.05) is 6.07 Å². The first-order valence-electron chi connectivity index (χ1n) is 6.24. The lowest BCUT2D eigenvalue weighted by atomic mass is 10.2. The number of anilines is 1. The van der Waals surface area contributed by atoms with Crippen molar-refractivity contribution < 1.29 is 23.0 Å². The third kappa shape index (κ3) is 5.25. The lowest BCUT2D eigenvalue weighted by Crippen LogP contribution is -2.19. The first-order valence-corrected chi connectivity index (χ1v) is 6.24. The Morgan fingerprint density at radius 1 is 1.05 bits per heavy atom. The van der Waals surface area contributed by atoms with Crippen LogP contribution in [0.4, 0.5) is 18.9 Å². The van der Waals surface area contributed by atoms with E-state index in [2.05, 4.69) is 10.1 Å². The predicted octanol–water partition coefficient (Wildman–Crippen LogP) is 3.95. The van der Waals surface area contributed by atoms with Crippen molar-refractivity contribution in [1.82, 2.24) is 0 Å². The number of hydrogen-bond donors (Lipinski definition) is 2. The van der Waals surface area contributed by atoms with Gasteiger partial charge in [-0.1, -0.05) is 12.1 Å². The van der Waals surface area contributed by atoms with Gasteiger partial charge in [0.15, 0.2) is 6.61 Å². The number of alkyl halides is 3. The van der Waals surface area contributed by atoms with E-state index in [1.54, 1.807) is 30.3 Å². The van der Waals surface area contributed by atoms with E-state index in [1.165, 1.54) is 12.1 Å². The number of halogens is 3. The molecule has 0 amide bonds. The van der Waals surface area contributed by atoms with Crippen LogP contribution in [-0.2, 0) is 6.54 Å². The van der Waals surface area contributed by atoms with Crippen molar-refractivity contribution in [3.8, 4) is 11.5 Å². The second kappa shape index (κ2) is 6.39. The van der Waals surface area contributed by atoms with Crippen LogP contribution in [0.3, 0.4) is 0 Å². The highest BCUT2D eigenvalue weighted by Crippen LogP contribution is 2.21. The van der Waals surface area contributed by atoms with Crippen LogP contribution in [0.2, 0.25) is 0 Å². The largest absolute Gasteiger partial charge is 0.508 e. The van der Waals surface area contributed by atoms with Crippen molar-refractivity contribution in [2.24, 2.45) is 0 Å². The Morgan fingerprint density at radius 2 is 1.76 bits per heavy atom. The van der Waals surface area contributed by atoms with Gasteiger partial charge in [-0.25, -0.2) is 0 Å². The topological polar surface area (TPSA) is 41.5 Å². The van der Waals surface area contributed by atoms with Gasteiger partial charge in [0.2, 0.25) is 0 Å². The van der Waals surface area contributed by atoms with Gasteiger partial charge in [-0.3, -0.25) is 0 Å². The number of nitrogens with one attached hydrogen (secondary N) is 1. The zero-order valence-corrected chi connectivity index (χ0v) is 11.0. The molecule has 0 aliphatic heterocycles. The van der Waals surface area contributed by atoms with Crippen molar-refractivity contribution in [2.75, 3.05) is 11.9 Å². The Balaban J connectivity index is 1.87. The molecule has 21 heavy (non-hydrogen) atoms. The van der Waals surface area contributed by atoms with Crippen LogP contribution < -0.4 is 10.1 Å². The molecule has 112 valence electrons. The van der Waals surface area contributed by atoms with Crippen molar-refractivity contribution >= 4 is 5.69 Å². The lowest BCUT2D eigenvalue weighted by molar-refractivity contribution is -0.153. The first kappa shape index (κ1) is 15.0. The van der Waals surface area contributed by atoms with Crippen LogP contribution in [0.15, 0.2) is 48.5 Å². The van der Waals surface area contributed by atoms with E-state index in [-0.39, 0.29) is 11.5 Å². The number of phenolic OH excluding ortho intramolecular Hbond substituents is 1. The maximum absolute atomic E-state index is 12.0. The zero-order chi connectivity index (χ0) is 15.3. The van der Waals surface area contributed by atoms with Crippen LogP contribution in [0.1, 0.15) is 5.56 Å². The molecule has 2 N–H and O–H groups in total. The molecule has 0 aliphatic rings. The summed E-state index contributed by atoms with van der Waals surface area (Å²) in [5, 5.41) is 12.4. The zero-order valence-electron chi connectivity index (χ0n) is 11.0. The van der Waals surface area contributed by atoms with E-state index < -0.39 is 12.8 Å². The van der Waals surface area contributed by atoms with E-state index in [0.717, 1.165) is 11.3 Å². The van der Waals surface area contributed by atoms with Crippen molar-refractivity contribution in [3.63, 3.8) is 0 Å². The summed E-state index contributed by atoms with van der Waals surface area (Å²) in [7, 11) is 0. The second-order valence-corrected chi connectivity index (χ2v) is 4.45. The maximum atomic E-state index is 12.0. The number of hydrogen-bond acceptors (Lipinski definition) is 3. The Bertz CT molecular complexity index is 582. The van der Waals surface area contributed by atoms with E-state index in [0.29, 0.717) is 6.54 Å². The Morgan fingerprint density at radius 3 is 2.38 bits per heavy atom. The number of phenols is 1. The molecule has 0 saturated carbocycles. The quantitative estimate of drug-likeness (QED) is 0.878. The van der Waals surface area contributed by atoms with Crippen LogP contribution >= 0.6 is 0 Å². The molecule has 0 heterocycles. The minimum atomic E-state index is -4.34. The molecule has 6 heteroatoms. The summed E-state index contributed by atoms with van der Waals surface area (Å²) in [6.45, 7) is -0.805. The molecule has 0 saturated heterocycles. The van der Waals surface area contributed by atoms with Gasteiger partial charge in [-0.05, 0) is 42.0 Å². The molecule has 2 aromatic rings. The molecule has 3 nitrogen and oxygen atoms in total. The molecule has 0 bridgehead atoms. The van der Waals surface area contributed by atoms with E-state index >= 15 is 0 Å². The van der Waals surface area contributed by atoms with Gasteiger partial charge >= 0.3 is 6.18 Å². The summed E-state index contributed by atoms with van der Waals surface area (Å²) in [5.41, 5.74) is 1.64. The number of aromatic hydroxyl groups is 1. The monoisotopic (exact) mass is 297 g/mol. The van der Waals surface area contributed by atoms with Crippen LogP contribution in [0, 0.1) is 0 Å². The predicted molar refractivity (Wildman–Crippen MR) is 73.4 cm³/mol. The molecule has 2 rings (SSSR count). The molecule has 0 aromatic heterocycles. The van der Waals surface area contributed by atoms with Gasteiger partial charge in [0.05, 0.1) is 0 Å². The van der Waals surface area contributed by atoms with Crippen molar-refractivity contribution in [3.05, 3.63) is 54.1 Å². The van der Waals surface area contributed by atoms with E-state index in [4.69, 9.17) is 0 Å². The summed E-state index contributed by atoms with van der Waals surface area (Å²) < 4.78 is 40.6. The van der Waals surface area contributed by atoms with Crippen molar-refractivity contribution in [2.45, 2.75) is 12.7 Å². The third-order valence-electron chi connectivity index (χ3n) is 2.66. The minimum Gasteiger partial charge on any atom is -0.508 e.